The van der Waals surface area contributed by atoms with Crippen molar-refractivity contribution in [3.8, 4) is 5.75 Å². The molecule has 0 aliphatic carbocycles. The summed E-state index contributed by atoms with van der Waals surface area (Å²) in [7, 11) is 2.86. The fourth-order valence-corrected chi connectivity index (χ4v) is 2.12. The van der Waals surface area contributed by atoms with Gasteiger partial charge in [-0.05, 0) is 29.8 Å². The Kier molecular flexibility index (Phi) is 6.98. The Hall–Kier alpha value is -2.86. The number of ether oxygens (including phenoxy) is 3. The van der Waals surface area contributed by atoms with Crippen LogP contribution in [0.4, 0.5) is 5.69 Å². The molecule has 0 aromatic heterocycles. The number of anilines is 1. The summed E-state index contributed by atoms with van der Waals surface area (Å²) in [6, 6.07) is 16.3. The van der Waals surface area contributed by atoms with Gasteiger partial charge in [0.25, 0.3) is 5.91 Å². The predicted octanol–water partition coefficient (Wildman–Crippen LogP) is 2.78. The summed E-state index contributed by atoms with van der Waals surface area (Å²) in [6.07, 6.45) is -1.11. The number of carbonyl (C=O) groups is 2. The van der Waals surface area contributed by atoms with E-state index < -0.39 is 18.0 Å². The summed E-state index contributed by atoms with van der Waals surface area (Å²) >= 11 is 0. The van der Waals surface area contributed by atoms with Crippen molar-refractivity contribution in [1.82, 2.24) is 0 Å². The van der Waals surface area contributed by atoms with Gasteiger partial charge in [0.1, 0.15) is 11.9 Å². The van der Waals surface area contributed by atoms with Crippen molar-refractivity contribution in [1.29, 1.82) is 0 Å². The molecule has 132 valence electrons. The highest BCUT2D eigenvalue weighted by molar-refractivity contribution is 5.96. The van der Waals surface area contributed by atoms with E-state index in [1.165, 1.54) is 7.11 Å². The fourth-order valence-electron chi connectivity index (χ4n) is 2.12. The van der Waals surface area contributed by atoms with Crippen LogP contribution in [-0.4, -0.2) is 32.2 Å². The molecule has 25 heavy (non-hydrogen) atoms. The molecule has 6 nitrogen and oxygen atoms in total. The van der Waals surface area contributed by atoms with E-state index in [4.69, 9.17) is 9.47 Å². The first-order chi connectivity index (χ1) is 12.1. The normalized spacial score (nSPS) is 11.4. The van der Waals surface area contributed by atoms with E-state index in [0.717, 1.165) is 11.3 Å². The summed E-state index contributed by atoms with van der Waals surface area (Å²) in [6.45, 7) is 0.188. The quantitative estimate of drug-likeness (QED) is 0.746. The highest BCUT2D eigenvalue weighted by Gasteiger charge is 2.23. The van der Waals surface area contributed by atoms with E-state index in [1.807, 2.05) is 30.3 Å². The molecule has 0 aliphatic heterocycles. The molecule has 1 N–H and O–H groups in total. The summed E-state index contributed by atoms with van der Waals surface area (Å²) in [4.78, 5) is 24.0. The number of esters is 1. The molecule has 0 radical (unpaired) electrons. The second kappa shape index (κ2) is 9.44. The first-order valence-electron chi connectivity index (χ1n) is 7.79. The molecule has 2 aromatic rings. The molecule has 0 unspecified atom stereocenters. The second-order valence-corrected chi connectivity index (χ2v) is 5.28. The molecule has 2 aromatic carbocycles. The van der Waals surface area contributed by atoms with Crippen LogP contribution >= 0.6 is 0 Å². The number of para-hydroxylation sites is 1. The smallest absolute Gasteiger partial charge is 0.308 e. The second-order valence-electron chi connectivity index (χ2n) is 5.28. The molecule has 6 heteroatoms. The van der Waals surface area contributed by atoms with Crippen LogP contribution < -0.4 is 10.1 Å². The lowest BCUT2D eigenvalue weighted by Gasteiger charge is -2.17. The summed E-state index contributed by atoms with van der Waals surface area (Å²) < 4.78 is 15.4. The Labute approximate surface area is 146 Å². The van der Waals surface area contributed by atoms with Crippen molar-refractivity contribution in [2.75, 3.05) is 19.5 Å². The van der Waals surface area contributed by atoms with Gasteiger partial charge in [-0.2, -0.15) is 0 Å². The van der Waals surface area contributed by atoms with Gasteiger partial charge in [0, 0.05) is 5.69 Å². The fraction of sp³-hybridized carbons (Fsp3) is 0.263. The van der Waals surface area contributed by atoms with Gasteiger partial charge in [-0.15, -0.1) is 0 Å². The number of benzene rings is 2. The van der Waals surface area contributed by atoms with E-state index in [9.17, 15) is 9.59 Å². The van der Waals surface area contributed by atoms with Gasteiger partial charge in [-0.25, -0.2) is 0 Å². The predicted molar refractivity (Wildman–Crippen MR) is 93.3 cm³/mol. The van der Waals surface area contributed by atoms with Crippen molar-refractivity contribution in [2.24, 2.45) is 0 Å². The third-order valence-electron chi connectivity index (χ3n) is 3.52. The Morgan fingerprint density at radius 1 is 1.00 bits per heavy atom. The van der Waals surface area contributed by atoms with E-state index >= 15 is 0 Å². The van der Waals surface area contributed by atoms with Gasteiger partial charge in [0.2, 0.25) is 0 Å². The Balaban J connectivity index is 2.01. The molecule has 0 bridgehead atoms. The Morgan fingerprint density at radius 3 is 2.28 bits per heavy atom. The monoisotopic (exact) mass is 343 g/mol. The molecule has 0 saturated heterocycles. The molecule has 0 heterocycles. The van der Waals surface area contributed by atoms with Gasteiger partial charge < -0.3 is 19.5 Å². The highest BCUT2D eigenvalue weighted by Crippen LogP contribution is 2.14. The molecule has 0 aliphatic rings. The third kappa shape index (κ3) is 5.93. The van der Waals surface area contributed by atoms with Gasteiger partial charge >= 0.3 is 5.97 Å². The lowest BCUT2D eigenvalue weighted by Crippen LogP contribution is -2.33. The van der Waals surface area contributed by atoms with E-state index in [0.29, 0.717) is 5.69 Å². The van der Waals surface area contributed by atoms with Gasteiger partial charge in [-0.3, -0.25) is 9.59 Å². The molecule has 2 rings (SSSR count). The van der Waals surface area contributed by atoms with Crippen LogP contribution in [-0.2, 0) is 25.7 Å². The number of hydrogen-bond donors (Lipinski definition) is 1. The van der Waals surface area contributed by atoms with Crippen molar-refractivity contribution in [3.63, 3.8) is 0 Å². The largest absolute Gasteiger partial charge is 0.497 e. The van der Waals surface area contributed by atoms with Gasteiger partial charge in [0.15, 0.2) is 0 Å². The third-order valence-corrected chi connectivity index (χ3v) is 3.52. The van der Waals surface area contributed by atoms with E-state index in [2.05, 4.69) is 10.1 Å². The van der Waals surface area contributed by atoms with Crippen molar-refractivity contribution < 1.29 is 23.8 Å². The van der Waals surface area contributed by atoms with E-state index in [-0.39, 0.29) is 13.0 Å². The Morgan fingerprint density at radius 2 is 1.68 bits per heavy atom. The Bertz CT molecular complexity index is 685. The molecule has 0 fully saturated rings. The van der Waals surface area contributed by atoms with Crippen molar-refractivity contribution in [2.45, 2.75) is 19.1 Å². The molecule has 1 amide bonds. The highest BCUT2D eigenvalue weighted by atomic mass is 16.5. The SMILES string of the molecule is COC(=O)C[C@@H](OCc1ccc(OC)cc1)C(=O)Nc1ccccc1. The molecule has 0 spiro atoms. The summed E-state index contributed by atoms with van der Waals surface area (Å²) in [5.74, 6) is -0.176. The van der Waals surface area contributed by atoms with E-state index in [1.54, 1.807) is 31.4 Å². The lowest BCUT2D eigenvalue weighted by atomic mass is 10.2. The van der Waals surface area contributed by atoms with Crippen LogP contribution in [0.5, 0.6) is 5.75 Å². The molecule has 1 atom stereocenters. The standard InChI is InChI=1S/C19H21NO5/c1-23-16-10-8-14(9-11-16)13-25-17(12-18(21)24-2)19(22)20-15-6-4-3-5-7-15/h3-11,17H,12-13H2,1-2H3,(H,20,22)/t17-/m1/s1. The number of rotatable bonds is 8. The maximum Gasteiger partial charge on any atom is 0.308 e. The minimum Gasteiger partial charge on any atom is -0.497 e. The minimum atomic E-state index is -0.949. The molecular formula is C19H21NO5. The van der Waals surface area contributed by atoms with Crippen LogP contribution in [0.15, 0.2) is 54.6 Å². The number of amides is 1. The zero-order valence-electron chi connectivity index (χ0n) is 14.2. The zero-order chi connectivity index (χ0) is 18.1. The topological polar surface area (TPSA) is 73.9 Å². The lowest BCUT2D eigenvalue weighted by molar-refractivity contribution is -0.148. The minimum absolute atomic E-state index is 0.161. The summed E-state index contributed by atoms with van der Waals surface area (Å²) in [5.41, 5.74) is 1.50. The van der Waals surface area contributed by atoms with Crippen LogP contribution in [0.1, 0.15) is 12.0 Å². The average molecular weight is 343 g/mol. The first-order valence-corrected chi connectivity index (χ1v) is 7.79. The zero-order valence-corrected chi connectivity index (χ0v) is 14.2. The van der Waals surface area contributed by atoms with Crippen molar-refractivity contribution >= 4 is 17.6 Å². The molecular weight excluding hydrogens is 322 g/mol. The molecule has 0 saturated carbocycles. The summed E-state index contributed by atoms with van der Waals surface area (Å²) in [5, 5.41) is 2.73. The van der Waals surface area contributed by atoms with Crippen LogP contribution in [0.2, 0.25) is 0 Å². The maximum atomic E-state index is 12.4. The van der Waals surface area contributed by atoms with Gasteiger partial charge in [-0.1, -0.05) is 30.3 Å². The first kappa shape index (κ1) is 18.5. The van der Waals surface area contributed by atoms with Gasteiger partial charge in [0.05, 0.1) is 27.2 Å². The maximum absolute atomic E-state index is 12.4. The van der Waals surface area contributed by atoms with Crippen LogP contribution in [0.3, 0.4) is 0 Å². The van der Waals surface area contributed by atoms with Crippen LogP contribution in [0.25, 0.3) is 0 Å². The number of nitrogens with one attached hydrogen (secondary N) is 1. The van der Waals surface area contributed by atoms with Crippen LogP contribution in [0, 0.1) is 0 Å². The average Bonchev–Trinajstić information content (AvgIpc) is 2.66. The number of hydrogen-bond acceptors (Lipinski definition) is 5. The number of carbonyl (C=O) groups excluding carboxylic acids is 2. The van der Waals surface area contributed by atoms with Crippen molar-refractivity contribution in [3.05, 3.63) is 60.2 Å². The number of methoxy groups -OCH3 is 2.